The Morgan fingerprint density at radius 3 is 2.89 bits per heavy atom. The first kappa shape index (κ1) is 12.3. The Morgan fingerprint density at radius 2 is 2.28 bits per heavy atom. The van der Waals surface area contributed by atoms with E-state index in [1.54, 1.807) is 24.5 Å². The van der Waals surface area contributed by atoms with E-state index < -0.39 is 0 Å². The van der Waals surface area contributed by atoms with Crippen LogP contribution in [0.15, 0.2) is 30.7 Å². The van der Waals surface area contributed by atoms with E-state index in [0.717, 1.165) is 11.3 Å². The number of pyridine rings is 1. The van der Waals surface area contributed by atoms with Crippen molar-refractivity contribution in [2.75, 3.05) is 13.2 Å². The normalized spacial score (nSPS) is 10.3. The van der Waals surface area contributed by atoms with Crippen LogP contribution in [0.3, 0.4) is 0 Å². The fraction of sp³-hybridized carbons (Fsp3) is 0.250. The predicted molar refractivity (Wildman–Crippen MR) is 65.9 cm³/mol. The first-order valence-corrected chi connectivity index (χ1v) is 5.65. The van der Waals surface area contributed by atoms with E-state index in [0.29, 0.717) is 18.5 Å². The van der Waals surface area contributed by atoms with Crippen molar-refractivity contribution in [1.82, 2.24) is 20.5 Å². The highest BCUT2D eigenvalue weighted by atomic mass is 16.3. The number of amides is 1. The third-order valence-electron chi connectivity index (χ3n) is 2.44. The summed E-state index contributed by atoms with van der Waals surface area (Å²) in [6, 6.07) is 3.48. The van der Waals surface area contributed by atoms with Gasteiger partial charge in [0.25, 0.3) is 5.91 Å². The van der Waals surface area contributed by atoms with Gasteiger partial charge in [0.15, 0.2) is 0 Å². The van der Waals surface area contributed by atoms with Crippen LogP contribution < -0.4 is 5.32 Å². The minimum atomic E-state index is -0.185. The third-order valence-corrected chi connectivity index (χ3v) is 2.44. The molecule has 2 aromatic heterocycles. The lowest BCUT2D eigenvalue weighted by molar-refractivity contribution is 0.0951. The molecule has 0 aliphatic carbocycles. The maximum atomic E-state index is 11.7. The van der Waals surface area contributed by atoms with Crippen molar-refractivity contribution in [1.29, 1.82) is 0 Å². The Hall–Kier alpha value is -2.21. The Labute approximate surface area is 104 Å². The van der Waals surface area contributed by atoms with Gasteiger partial charge in [-0.15, -0.1) is 0 Å². The molecule has 2 rings (SSSR count). The van der Waals surface area contributed by atoms with Crippen LogP contribution in [0.25, 0.3) is 11.3 Å². The molecule has 0 spiro atoms. The number of hydrogen-bond acceptors (Lipinski definition) is 4. The maximum Gasteiger partial charge on any atom is 0.252 e. The van der Waals surface area contributed by atoms with Gasteiger partial charge in [-0.25, -0.2) is 0 Å². The number of rotatable bonds is 5. The third kappa shape index (κ3) is 2.92. The fourth-order valence-electron chi connectivity index (χ4n) is 1.47. The summed E-state index contributed by atoms with van der Waals surface area (Å²) >= 11 is 0. The molecule has 0 bridgehead atoms. The largest absolute Gasteiger partial charge is 0.396 e. The van der Waals surface area contributed by atoms with Gasteiger partial charge in [0, 0.05) is 31.1 Å². The summed E-state index contributed by atoms with van der Waals surface area (Å²) in [4.78, 5) is 15.9. The van der Waals surface area contributed by atoms with Crippen molar-refractivity contribution in [3.05, 3.63) is 36.3 Å². The molecule has 6 nitrogen and oxygen atoms in total. The molecule has 0 unspecified atom stereocenters. The van der Waals surface area contributed by atoms with Crippen molar-refractivity contribution >= 4 is 5.91 Å². The van der Waals surface area contributed by atoms with E-state index in [-0.39, 0.29) is 12.5 Å². The highest BCUT2D eigenvalue weighted by Gasteiger charge is 2.06. The zero-order chi connectivity index (χ0) is 12.8. The molecular formula is C12H14N4O2. The molecule has 0 saturated carbocycles. The van der Waals surface area contributed by atoms with Crippen molar-refractivity contribution in [2.45, 2.75) is 6.42 Å². The van der Waals surface area contributed by atoms with E-state index in [4.69, 9.17) is 5.11 Å². The SMILES string of the molecule is O=C(NCCCO)c1ccc(-c2cn[nH]c2)nc1. The van der Waals surface area contributed by atoms with Gasteiger partial charge in [0.1, 0.15) is 0 Å². The number of aromatic nitrogens is 3. The molecule has 0 aliphatic rings. The molecule has 0 saturated heterocycles. The van der Waals surface area contributed by atoms with Gasteiger partial charge in [0.05, 0.1) is 17.5 Å². The van der Waals surface area contributed by atoms with Crippen molar-refractivity contribution in [3.63, 3.8) is 0 Å². The number of aliphatic hydroxyl groups excluding tert-OH is 1. The summed E-state index contributed by atoms with van der Waals surface area (Å²) in [5.74, 6) is -0.185. The Balaban J connectivity index is 2.01. The number of carbonyl (C=O) groups is 1. The van der Waals surface area contributed by atoms with Crippen LogP contribution in [0.5, 0.6) is 0 Å². The first-order valence-electron chi connectivity index (χ1n) is 5.65. The molecule has 0 radical (unpaired) electrons. The number of aromatic amines is 1. The first-order chi connectivity index (χ1) is 8.81. The summed E-state index contributed by atoms with van der Waals surface area (Å²) in [7, 11) is 0. The molecule has 1 amide bonds. The summed E-state index contributed by atoms with van der Waals surface area (Å²) in [5.41, 5.74) is 2.14. The Morgan fingerprint density at radius 1 is 1.39 bits per heavy atom. The number of carbonyl (C=O) groups excluding carboxylic acids is 1. The van der Waals surface area contributed by atoms with Crippen LogP contribution in [-0.4, -0.2) is 39.3 Å². The smallest absolute Gasteiger partial charge is 0.252 e. The molecular weight excluding hydrogens is 232 g/mol. The summed E-state index contributed by atoms with van der Waals surface area (Å²) in [5, 5.41) is 17.9. The lowest BCUT2D eigenvalue weighted by Crippen LogP contribution is -2.25. The van der Waals surface area contributed by atoms with Gasteiger partial charge in [-0.1, -0.05) is 0 Å². The molecule has 0 atom stereocenters. The number of nitrogens with zero attached hydrogens (tertiary/aromatic N) is 2. The minimum Gasteiger partial charge on any atom is -0.396 e. The molecule has 2 heterocycles. The average Bonchev–Trinajstić information content (AvgIpc) is 2.93. The van der Waals surface area contributed by atoms with Gasteiger partial charge in [-0.2, -0.15) is 5.10 Å². The molecule has 3 N–H and O–H groups in total. The number of nitrogens with one attached hydrogen (secondary N) is 2. The van der Waals surface area contributed by atoms with Crippen LogP contribution in [0, 0.1) is 0 Å². The zero-order valence-electron chi connectivity index (χ0n) is 9.76. The van der Waals surface area contributed by atoms with Gasteiger partial charge < -0.3 is 10.4 Å². The van der Waals surface area contributed by atoms with E-state index in [9.17, 15) is 4.79 Å². The molecule has 94 valence electrons. The lowest BCUT2D eigenvalue weighted by atomic mass is 10.2. The molecule has 0 fully saturated rings. The van der Waals surface area contributed by atoms with Crippen molar-refractivity contribution < 1.29 is 9.90 Å². The van der Waals surface area contributed by atoms with E-state index in [1.807, 2.05) is 0 Å². The summed E-state index contributed by atoms with van der Waals surface area (Å²) in [6.07, 6.45) is 5.48. The van der Waals surface area contributed by atoms with E-state index >= 15 is 0 Å². The van der Waals surface area contributed by atoms with Crippen LogP contribution in [0.1, 0.15) is 16.8 Å². The topological polar surface area (TPSA) is 90.9 Å². The van der Waals surface area contributed by atoms with Crippen molar-refractivity contribution in [3.8, 4) is 11.3 Å². The van der Waals surface area contributed by atoms with Gasteiger partial charge >= 0.3 is 0 Å². The van der Waals surface area contributed by atoms with Gasteiger partial charge in [-0.05, 0) is 18.6 Å². The quantitative estimate of drug-likeness (QED) is 0.673. The second-order valence-electron chi connectivity index (χ2n) is 3.75. The van der Waals surface area contributed by atoms with Crippen LogP contribution in [0.2, 0.25) is 0 Å². The summed E-state index contributed by atoms with van der Waals surface area (Å²) < 4.78 is 0. The van der Waals surface area contributed by atoms with E-state index in [2.05, 4.69) is 20.5 Å². The second-order valence-corrected chi connectivity index (χ2v) is 3.75. The molecule has 6 heteroatoms. The molecule has 18 heavy (non-hydrogen) atoms. The average molecular weight is 246 g/mol. The molecule has 2 aromatic rings. The predicted octanol–water partition coefficient (Wildman–Crippen LogP) is 0.584. The van der Waals surface area contributed by atoms with Gasteiger partial charge in [0.2, 0.25) is 0 Å². The monoisotopic (exact) mass is 246 g/mol. The minimum absolute atomic E-state index is 0.0674. The number of aliphatic hydroxyl groups is 1. The zero-order valence-corrected chi connectivity index (χ0v) is 9.76. The molecule has 0 aromatic carbocycles. The molecule has 0 aliphatic heterocycles. The lowest BCUT2D eigenvalue weighted by Gasteiger charge is -2.04. The highest BCUT2D eigenvalue weighted by Crippen LogP contribution is 2.14. The van der Waals surface area contributed by atoms with Crippen LogP contribution in [-0.2, 0) is 0 Å². The van der Waals surface area contributed by atoms with Gasteiger partial charge in [-0.3, -0.25) is 14.9 Å². The number of H-pyrrole nitrogens is 1. The fourth-order valence-corrected chi connectivity index (χ4v) is 1.47. The maximum absolute atomic E-state index is 11.7. The Bertz CT molecular complexity index is 493. The number of hydrogen-bond donors (Lipinski definition) is 3. The summed E-state index contributed by atoms with van der Waals surface area (Å²) in [6.45, 7) is 0.525. The van der Waals surface area contributed by atoms with Crippen LogP contribution >= 0.6 is 0 Å². The van der Waals surface area contributed by atoms with Crippen molar-refractivity contribution in [2.24, 2.45) is 0 Å². The standard InChI is InChI=1S/C12H14N4O2/c17-5-1-4-13-12(18)9-2-3-11(14-6-9)10-7-15-16-8-10/h2-3,6-8,17H,1,4-5H2,(H,13,18)(H,15,16). The van der Waals surface area contributed by atoms with E-state index in [1.165, 1.54) is 6.20 Å². The highest BCUT2D eigenvalue weighted by molar-refractivity contribution is 5.94. The van der Waals surface area contributed by atoms with Crippen LogP contribution in [0.4, 0.5) is 0 Å². The Kier molecular flexibility index (Phi) is 4.03. The second kappa shape index (κ2) is 5.92.